The third-order valence-corrected chi connectivity index (χ3v) is 7.40. The van der Waals surface area contributed by atoms with E-state index in [4.69, 9.17) is 4.74 Å². The maximum Gasteiger partial charge on any atom is 0.409 e. The molecule has 9 nitrogen and oxygen atoms in total. The Morgan fingerprint density at radius 1 is 1.25 bits per heavy atom. The molecule has 3 amide bonds. The van der Waals surface area contributed by atoms with E-state index in [0.29, 0.717) is 39.3 Å². The second-order valence-electron chi connectivity index (χ2n) is 9.00. The topological polar surface area (TPSA) is 99.3 Å². The minimum atomic E-state index is -3.19. The molecule has 5 aliphatic rings. The third-order valence-electron chi connectivity index (χ3n) is 6.73. The van der Waals surface area contributed by atoms with E-state index >= 15 is 0 Å². The Morgan fingerprint density at radius 2 is 1.96 bits per heavy atom. The highest BCUT2D eigenvalue weighted by molar-refractivity contribution is 7.88. The Hall–Kier alpha value is -1.55. The average molecular weight is 415 g/mol. The highest BCUT2D eigenvalue weighted by atomic mass is 32.2. The molecule has 28 heavy (non-hydrogen) atoms. The molecule has 0 unspecified atom stereocenters. The summed E-state index contributed by atoms with van der Waals surface area (Å²) in [6, 6.07) is 0.0764. The maximum absolute atomic E-state index is 12.9. The summed E-state index contributed by atoms with van der Waals surface area (Å²) in [5.74, 6) is 0. The fraction of sp³-hybridized carbons (Fsp3) is 0.889. The molecule has 10 heteroatoms. The molecule has 0 aromatic rings. The van der Waals surface area contributed by atoms with Gasteiger partial charge in [0.05, 0.1) is 18.9 Å². The van der Waals surface area contributed by atoms with E-state index < -0.39 is 10.0 Å². The third kappa shape index (κ3) is 3.34. The van der Waals surface area contributed by atoms with Gasteiger partial charge in [-0.1, -0.05) is 13.3 Å². The predicted molar refractivity (Wildman–Crippen MR) is 102 cm³/mol. The zero-order valence-corrected chi connectivity index (χ0v) is 17.5. The van der Waals surface area contributed by atoms with Crippen molar-refractivity contribution < 1.29 is 22.7 Å². The molecule has 1 atom stereocenters. The lowest BCUT2D eigenvalue weighted by molar-refractivity contribution is -0.194. The zero-order chi connectivity index (χ0) is 20.2. The molecule has 2 saturated heterocycles. The standard InChI is InChI=1S/C18H30N4O5S/c1-3-4-7-27-16(24)20-5-6-21-14(8-20)9-22(15(21)23)18-10-17(11-18,12-18)13-19-28(2,25)26/h14,19H,3-13H2,1-2H3/t14-,17?,18?/m0/s1. The summed E-state index contributed by atoms with van der Waals surface area (Å²) in [5, 5.41) is 0. The maximum atomic E-state index is 12.9. The lowest BCUT2D eigenvalue weighted by Crippen LogP contribution is -2.77. The van der Waals surface area contributed by atoms with Crippen LogP contribution in [0.25, 0.3) is 0 Å². The Labute approximate surface area is 166 Å². The van der Waals surface area contributed by atoms with E-state index in [1.165, 1.54) is 6.26 Å². The van der Waals surface area contributed by atoms with Gasteiger partial charge >= 0.3 is 12.1 Å². The summed E-state index contributed by atoms with van der Waals surface area (Å²) in [6.45, 7) is 5.16. The molecule has 3 saturated carbocycles. The number of sulfonamides is 1. The largest absolute Gasteiger partial charge is 0.449 e. The summed E-state index contributed by atoms with van der Waals surface area (Å²) in [7, 11) is -3.19. The molecule has 2 aliphatic heterocycles. The van der Waals surface area contributed by atoms with Gasteiger partial charge in [-0.2, -0.15) is 0 Å². The fourth-order valence-electron chi connectivity index (χ4n) is 5.36. The van der Waals surface area contributed by atoms with Gasteiger partial charge in [0.2, 0.25) is 10.0 Å². The van der Waals surface area contributed by atoms with Crippen molar-refractivity contribution in [1.29, 1.82) is 0 Å². The summed E-state index contributed by atoms with van der Waals surface area (Å²) in [4.78, 5) is 30.7. The van der Waals surface area contributed by atoms with Gasteiger partial charge in [-0.05, 0) is 31.1 Å². The lowest BCUT2D eigenvalue weighted by atomic mass is 9.39. The minimum absolute atomic E-state index is 0.0131. The van der Waals surface area contributed by atoms with Crippen LogP contribution in [-0.4, -0.2) is 92.4 Å². The van der Waals surface area contributed by atoms with E-state index in [9.17, 15) is 18.0 Å². The normalized spacial score (nSPS) is 34.0. The number of rotatable bonds is 7. The van der Waals surface area contributed by atoms with Crippen LogP contribution in [0.15, 0.2) is 0 Å². The molecule has 158 valence electrons. The van der Waals surface area contributed by atoms with E-state index in [0.717, 1.165) is 32.1 Å². The molecule has 0 spiro atoms. The van der Waals surface area contributed by atoms with E-state index in [1.54, 1.807) is 4.90 Å². The first-order valence-electron chi connectivity index (χ1n) is 10.1. The number of ether oxygens (including phenoxy) is 1. The summed E-state index contributed by atoms with van der Waals surface area (Å²) >= 11 is 0. The fourth-order valence-corrected chi connectivity index (χ4v) is 5.93. The van der Waals surface area contributed by atoms with Gasteiger partial charge in [-0.15, -0.1) is 0 Å². The number of hydrogen-bond acceptors (Lipinski definition) is 5. The van der Waals surface area contributed by atoms with Gasteiger partial charge in [0.25, 0.3) is 0 Å². The molecule has 5 rings (SSSR count). The number of nitrogens with zero attached hydrogens (tertiary/aromatic N) is 3. The van der Waals surface area contributed by atoms with Gasteiger partial charge in [-0.25, -0.2) is 22.7 Å². The molecule has 1 N–H and O–H groups in total. The number of urea groups is 1. The van der Waals surface area contributed by atoms with Crippen molar-refractivity contribution in [1.82, 2.24) is 19.4 Å². The quantitative estimate of drug-likeness (QED) is 0.622. The van der Waals surface area contributed by atoms with Crippen LogP contribution in [0.4, 0.5) is 9.59 Å². The Morgan fingerprint density at radius 3 is 2.61 bits per heavy atom. The van der Waals surface area contributed by atoms with Crippen molar-refractivity contribution in [2.45, 2.75) is 50.6 Å². The van der Waals surface area contributed by atoms with Gasteiger partial charge in [0, 0.05) is 38.3 Å². The molecule has 0 radical (unpaired) electrons. The first-order chi connectivity index (χ1) is 13.2. The van der Waals surface area contributed by atoms with Gasteiger partial charge in [0.15, 0.2) is 0 Å². The molecule has 2 bridgehead atoms. The first-order valence-corrected chi connectivity index (χ1v) is 12.0. The van der Waals surface area contributed by atoms with Gasteiger partial charge in [-0.3, -0.25) is 0 Å². The number of hydrogen-bond donors (Lipinski definition) is 1. The minimum Gasteiger partial charge on any atom is -0.449 e. The highest BCUT2D eigenvalue weighted by Gasteiger charge is 2.72. The van der Waals surface area contributed by atoms with Crippen LogP contribution in [0.3, 0.4) is 0 Å². The number of amides is 3. The number of carbonyl (C=O) groups is 2. The first kappa shape index (κ1) is 19.8. The number of unbranched alkanes of at least 4 members (excludes halogenated alkanes) is 1. The van der Waals surface area contributed by atoms with Gasteiger partial charge in [0.1, 0.15) is 0 Å². The molecular weight excluding hydrogens is 384 g/mol. The zero-order valence-electron chi connectivity index (χ0n) is 16.6. The van der Waals surface area contributed by atoms with E-state index in [1.807, 2.05) is 9.80 Å². The second-order valence-corrected chi connectivity index (χ2v) is 10.8. The van der Waals surface area contributed by atoms with Crippen molar-refractivity contribution in [3.63, 3.8) is 0 Å². The predicted octanol–water partition coefficient (Wildman–Crippen LogP) is 0.817. The van der Waals surface area contributed by atoms with Gasteiger partial charge < -0.3 is 19.4 Å². The molecule has 0 aromatic carbocycles. The molecule has 5 fully saturated rings. The number of carbonyl (C=O) groups excluding carboxylic acids is 2. The van der Waals surface area contributed by atoms with Crippen molar-refractivity contribution in [3.05, 3.63) is 0 Å². The Bertz CT molecular complexity index is 750. The van der Waals surface area contributed by atoms with Crippen molar-refractivity contribution in [3.8, 4) is 0 Å². The Kier molecular flexibility index (Phi) is 4.77. The lowest BCUT2D eigenvalue weighted by Gasteiger charge is -2.73. The number of nitrogens with one attached hydrogen (secondary N) is 1. The second kappa shape index (κ2) is 6.76. The summed E-state index contributed by atoms with van der Waals surface area (Å²) < 4.78 is 30.6. The monoisotopic (exact) mass is 414 g/mol. The summed E-state index contributed by atoms with van der Waals surface area (Å²) in [6.07, 6.45) is 5.31. The highest BCUT2D eigenvalue weighted by Crippen LogP contribution is 2.70. The van der Waals surface area contributed by atoms with Crippen LogP contribution in [0.5, 0.6) is 0 Å². The van der Waals surface area contributed by atoms with E-state index in [-0.39, 0.29) is 29.1 Å². The molecular formula is C18H30N4O5S. The van der Waals surface area contributed by atoms with Crippen LogP contribution < -0.4 is 4.72 Å². The summed E-state index contributed by atoms with van der Waals surface area (Å²) in [5.41, 5.74) is -0.0956. The van der Waals surface area contributed by atoms with Crippen LogP contribution in [-0.2, 0) is 14.8 Å². The SMILES string of the molecule is CCCCOC(=O)N1CCN2C(=O)N(C34CC(CNS(C)(=O)=O)(C3)C4)C[C@@H]2C1. The number of fused-ring (bicyclic) bond motifs is 1. The van der Waals surface area contributed by atoms with Crippen LogP contribution >= 0.6 is 0 Å². The molecule has 2 heterocycles. The average Bonchev–Trinajstić information content (AvgIpc) is 2.88. The van der Waals surface area contributed by atoms with Crippen molar-refractivity contribution >= 4 is 22.1 Å². The Balaban J connectivity index is 1.31. The van der Waals surface area contributed by atoms with Crippen molar-refractivity contribution in [2.75, 3.05) is 45.6 Å². The smallest absolute Gasteiger partial charge is 0.409 e. The molecule has 0 aromatic heterocycles. The van der Waals surface area contributed by atoms with Crippen LogP contribution in [0.1, 0.15) is 39.0 Å². The van der Waals surface area contributed by atoms with Crippen LogP contribution in [0, 0.1) is 5.41 Å². The number of piperazine rings is 1. The van der Waals surface area contributed by atoms with Crippen molar-refractivity contribution in [2.24, 2.45) is 5.41 Å². The van der Waals surface area contributed by atoms with E-state index in [2.05, 4.69) is 11.6 Å². The van der Waals surface area contributed by atoms with Crippen LogP contribution in [0.2, 0.25) is 0 Å². The molecule has 3 aliphatic carbocycles.